The summed E-state index contributed by atoms with van der Waals surface area (Å²) in [6, 6.07) is 5.61. The van der Waals surface area contributed by atoms with Crippen molar-refractivity contribution in [2.45, 2.75) is 26.6 Å². The van der Waals surface area contributed by atoms with Gasteiger partial charge in [0.1, 0.15) is 5.75 Å². The zero-order valence-corrected chi connectivity index (χ0v) is 11.3. The summed E-state index contributed by atoms with van der Waals surface area (Å²) in [5.41, 5.74) is 1.36. The Morgan fingerprint density at radius 1 is 1.35 bits per heavy atom. The van der Waals surface area contributed by atoms with Crippen LogP contribution in [0, 0.1) is 0 Å². The van der Waals surface area contributed by atoms with Crippen molar-refractivity contribution in [2.24, 2.45) is 0 Å². The van der Waals surface area contributed by atoms with Crippen LogP contribution in [-0.2, 0) is 4.79 Å². The van der Waals surface area contributed by atoms with E-state index in [1.165, 1.54) is 30.3 Å². The Hall–Kier alpha value is -1.95. The van der Waals surface area contributed by atoms with Crippen LogP contribution in [0.4, 0.5) is 8.78 Å². The summed E-state index contributed by atoms with van der Waals surface area (Å²) in [4.78, 5) is 11.4. The number of hydrogen-bond acceptors (Lipinski definition) is 3. The first-order chi connectivity index (χ1) is 9.38. The minimum Gasteiger partial charge on any atom is -0.435 e. The maximum Gasteiger partial charge on any atom is 0.387 e. The molecule has 1 rings (SSSR count). The summed E-state index contributed by atoms with van der Waals surface area (Å²) in [6.07, 6.45) is 0.511. The van der Waals surface area contributed by atoms with Gasteiger partial charge in [0.15, 0.2) is 0 Å². The fourth-order valence-corrected chi connectivity index (χ4v) is 1.50. The van der Waals surface area contributed by atoms with E-state index < -0.39 is 12.7 Å². The monoisotopic (exact) mass is 285 g/mol. The number of ether oxygens (including phenoxy) is 1. The molecule has 20 heavy (non-hydrogen) atoms. The lowest BCUT2D eigenvalue weighted by Crippen LogP contribution is -2.26. The smallest absolute Gasteiger partial charge is 0.387 e. The van der Waals surface area contributed by atoms with Crippen LogP contribution in [0.1, 0.15) is 25.5 Å². The molecule has 0 aromatic heterocycles. The van der Waals surface area contributed by atoms with E-state index in [4.69, 9.17) is 0 Å². The molecule has 0 spiro atoms. The van der Waals surface area contributed by atoms with E-state index in [9.17, 15) is 18.7 Å². The highest BCUT2D eigenvalue weighted by Gasteiger charge is 2.10. The second kappa shape index (κ2) is 7.59. The second-order valence-electron chi connectivity index (χ2n) is 4.43. The fourth-order valence-electron chi connectivity index (χ4n) is 1.50. The molecule has 1 unspecified atom stereocenters. The minimum atomic E-state index is -2.88. The number of nitrogens with one attached hydrogen (secondary N) is 1. The molecule has 4 nitrogen and oxygen atoms in total. The third-order valence-corrected chi connectivity index (χ3v) is 2.38. The zero-order valence-electron chi connectivity index (χ0n) is 11.3. The quantitative estimate of drug-likeness (QED) is 0.789. The number of aliphatic hydroxyl groups excluding tert-OH is 1. The van der Waals surface area contributed by atoms with Crippen molar-refractivity contribution in [1.82, 2.24) is 5.32 Å². The van der Waals surface area contributed by atoms with Crippen molar-refractivity contribution >= 4 is 5.91 Å². The number of hydrogen-bond donors (Lipinski definition) is 2. The van der Waals surface area contributed by atoms with Gasteiger partial charge >= 0.3 is 6.61 Å². The van der Waals surface area contributed by atoms with E-state index >= 15 is 0 Å². The number of halogens is 2. The Balaban J connectivity index is 2.53. The number of alkyl halides is 2. The average Bonchev–Trinajstić information content (AvgIpc) is 2.35. The predicted octanol–water partition coefficient (Wildman–Crippen LogP) is 2.40. The molecular formula is C14H17F2NO3. The number of carbonyl (C=O) groups excluding carboxylic acids is 1. The van der Waals surface area contributed by atoms with Gasteiger partial charge in [-0.2, -0.15) is 8.78 Å². The molecule has 0 saturated heterocycles. The van der Waals surface area contributed by atoms with Gasteiger partial charge in [-0.25, -0.2) is 0 Å². The summed E-state index contributed by atoms with van der Waals surface area (Å²) < 4.78 is 28.1. The Morgan fingerprint density at radius 3 is 2.45 bits per heavy atom. The average molecular weight is 285 g/mol. The van der Waals surface area contributed by atoms with E-state index in [1.807, 2.05) is 0 Å². The predicted molar refractivity (Wildman–Crippen MR) is 70.5 cm³/mol. The first kappa shape index (κ1) is 16.1. The maximum atomic E-state index is 12.0. The van der Waals surface area contributed by atoms with Gasteiger partial charge in [0.25, 0.3) is 0 Å². The molecular weight excluding hydrogens is 268 g/mol. The third kappa shape index (κ3) is 5.79. The van der Waals surface area contributed by atoms with Crippen LogP contribution in [0.25, 0.3) is 0 Å². The van der Waals surface area contributed by atoms with Crippen molar-refractivity contribution in [3.05, 3.63) is 41.5 Å². The standard InChI is InChI=1S/C14H17F2NO3/c1-9(2)7-13(19)17-8-12(18)10-3-5-11(6-4-10)20-14(15)16/h3-7,12,14,18H,8H2,1-2H3,(H,17,19). The Kier molecular flexibility index (Phi) is 6.11. The van der Waals surface area contributed by atoms with E-state index in [1.54, 1.807) is 13.8 Å². The Morgan fingerprint density at radius 2 is 1.95 bits per heavy atom. The van der Waals surface area contributed by atoms with Crippen LogP contribution < -0.4 is 10.1 Å². The van der Waals surface area contributed by atoms with Gasteiger partial charge in [-0.1, -0.05) is 17.7 Å². The first-order valence-corrected chi connectivity index (χ1v) is 6.04. The molecule has 0 aliphatic heterocycles. The third-order valence-electron chi connectivity index (χ3n) is 2.38. The molecule has 2 N–H and O–H groups in total. The van der Waals surface area contributed by atoms with Gasteiger partial charge < -0.3 is 15.2 Å². The molecule has 1 atom stereocenters. The molecule has 0 aliphatic rings. The lowest BCUT2D eigenvalue weighted by molar-refractivity contribution is -0.117. The van der Waals surface area contributed by atoms with E-state index in [2.05, 4.69) is 10.1 Å². The molecule has 0 heterocycles. The van der Waals surface area contributed by atoms with Crippen molar-refractivity contribution in [1.29, 1.82) is 0 Å². The van der Waals surface area contributed by atoms with Crippen LogP contribution in [0.2, 0.25) is 0 Å². The lowest BCUT2D eigenvalue weighted by Gasteiger charge is -2.12. The Bertz CT molecular complexity index is 468. The summed E-state index contributed by atoms with van der Waals surface area (Å²) >= 11 is 0. The van der Waals surface area contributed by atoms with Gasteiger partial charge in [0.05, 0.1) is 6.10 Å². The largest absolute Gasteiger partial charge is 0.435 e. The molecule has 0 aliphatic carbocycles. The molecule has 0 saturated carbocycles. The van der Waals surface area contributed by atoms with E-state index in [0.717, 1.165) is 5.57 Å². The summed E-state index contributed by atoms with van der Waals surface area (Å²) in [5, 5.41) is 12.4. The number of allylic oxidation sites excluding steroid dienone is 1. The summed E-state index contributed by atoms with van der Waals surface area (Å²) in [7, 11) is 0. The molecule has 0 fully saturated rings. The first-order valence-electron chi connectivity index (χ1n) is 6.04. The van der Waals surface area contributed by atoms with Gasteiger partial charge in [0, 0.05) is 12.6 Å². The second-order valence-corrected chi connectivity index (χ2v) is 4.43. The van der Waals surface area contributed by atoms with Crippen molar-refractivity contribution < 1.29 is 23.4 Å². The summed E-state index contributed by atoms with van der Waals surface area (Å²) in [5.74, 6) is -0.272. The lowest BCUT2D eigenvalue weighted by atomic mass is 10.1. The van der Waals surface area contributed by atoms with Crippen molar-refractivity contribution in [3.8, 4) is 5.75 Å². The number of rotatable bonds is 6. The number of benzene rings is 1. The molecule has 110 valence electrons. The van der Waals surface area contributed by atoms with Crippen LogP contribution in [0.5, 0.6) is 5.75 Å². The normalized spacial score (nSPS) is 11.9. The van der Waals surface area contributed by atoms with E-state index in [0.29, 0.717) is 5.56 Å². The fraction of sp³-hybridized carbons (Fsp3) is 0.357. The van der Waals surface area contributed by atoms with E-state index in [-0.39, 0.29) is 18.2 Å². The molecule has 1 amide bonds. The maximum absolute atomic E-state index is 12.0. The molecule has 0 radical (unpaired) electrons. The highest BCUT2D eigenvalue weighted by Crippen LogP contribution is 2.18. The van der Waals surface area contributed by atoms with Gasteiger partial charge in [-0.15, -0.1) is 0 Å². The van der Waals surface area contributed by atoms with Gasteiger partial charge in [0.2, 0.25) is 5.91 Å². The van der Waals surface area contributed by atoms with Gasteiger partial charge in [-0.05, 0) is 31.5 Å². The number of carbonyl (C=O) groups is 1. The van der Waals surface area contributed by atoms with Crippen molar-refractivity contribution in [3.63, 3.8) is 0 Å². The van der Waals surface area contributed by atoms with Crippen LogP contribution in [-0.4, -0.2) is 24.2 Å². The van der Waals surface area contributed by atoms with Crippen LogP contribution >= 0.6 is 0 Å². The van der Waals surface area contributed by atoms with Gasteiger partial charge in [-0.3, -0.25) is 4.79 Å². The van der Waals surface area contributed by atoms with Crippen LogP contribution in [0.15, 0.2) is 35.9 Å². The van der Waals surface area contributed by atoms with Crippen molar-refractivity contribution in [2.75, 3.05) is 6.54 Å². The molecule has 6 heteroatoms. The highest BCUT2D eigenvalue weighted by molar-refractivity contribution is 5.88. The molecule has 0 bridgehead atoms. The zero-order chi connectivity index (χ0) is 15.1. The molecule has 1 aromatic carbocycles. The number of amides is 1. The SMILES string of the molecule is CC(C)=CC(=O)NCC(O)c1ccc(OC(F)F)cc1. The highest BCUT2D eigenvalue weighted by atomic mass is 19.3. The Labute approximate surface area is 116 Å². The molecule has 1 aromatic rings. The number of aliphatic hydroxyl groups is 1. The summed E-state index contributed by atoms with van der Waals surface area (Å²) in [6.45, 7) is 0.738. The topological polar surface area (TPSA) is 58.6 Å². The van der Waals surface area contributed by atoms with Crippen LogP contribution in [0.3, 0.4) is 0 Å². The minimum absolute atomic E-state index is 0.0181.